The zero-order chi connectivity index (χ0) is 21.3. The van der Waals surface area contributed by atoms with E-state index in [0.29, 0.717) is 6.54 Å². The number of pyridine rings is 1. The standard InChI is InChI=1S/C24H26ClN3OS/c1-15-11-18(12-19-7-4-5-9-21(19)25)13-22(26-15)20-8-6-10-28(14-20)24(29)23-16(2)27-17(3)30-23/h4-5,7,9,11,13,20H,6,8,10,12,14H2,1-3H3. The predicted octanol–water partition coefficient (Wildman–Crippen LogP) is 5.73. The van der Waals surface area contributed by atoms with E-state index in [1.165, 1.54) is 16.9 Å². The van der Waals surface area contributed by atoms with Crippen LogP contribution in [0.5, 0.6) is 0 Å². The van der Waals surface area contributed by atoms with Crippen LogP contribution in [0, 0.1) is 20.8 Å². The van der Waals surface area contributed by atoms with Crippen LogP contribution in [-0.4, -0.2) is 33.9 Å². The summed E-state index contributed by atoms with van der Waals surface area (Å²) < 4.78 is 0. The monoisotopic (exact) mass is 439 g/mol. The Kier molecular flexibility index (Phi) is 6.21. The van der Waals surface area contributed by atoms with Crippen LogP contribution in [0.1, 0.15) is 61.6 Å². The largest absolute Gasteiger partial charge is 0.337 e. The number of likely N-dealkylation sites (tertiary alicyclic amines) is 1. The molecule has 0 spiro atoms. The van der Waals surface area contributed by atoms with E-state index in [1.807, 2.05) is 43.9 Å². The Morgan fingerprint density at radius 3 is 2.73 bits per heavy atom. The minimum atomic E-state index is 0.103. The molecule has 2 aromatic heterocycles. The molecular weight excluding hydrogens is 414 g/mol. The number of thiazole rings is 1. The van der Waals surface area contributed by atoms with Crippen molar-refractivity contribution in [1.29, 1.82) is 0 Å². The van der Waals surface area contributed by atoms with Crippen LogP contribution in [0.15, 0.2) is 36.4 Å². The van der Waals surface area contributed by atoms with Gasteiger partial charge in [-0.15, -0.1) is 11.3 Å². The predicted molar refractivity (Wildman–Crippen MR) is 123 cm³/mol. The topological polar surface area (TPSA) is 46.1 Å². The summed E-state index contributed by atoms with van der Waals surface area (Å²) in [5.41, 5.74) is 5.24. The average Bonchev–Trinajstić information content (AvgIpc) is 3.07. The number of amides is 1. The van der Waals surface area contributed by atoms with E-state index >= 15 is 0 Å². The molecule has 0 saturated carbocycles. The smallest absolute Gasteiger partial charge is 0.265 e. The Morgan fingerprint density at radius 2 is 2.00 bits per heavy atom. The number of aryl methyl sites for hydroxylation is 3. The highest BCUT2D eigenvalue weighted by Crippen LogP contribution is 2.30. The number of hydrogen-bond acceptors (Lipinski definition) is 4. The molecule has 1 atom stereocenters. The van der Waals surface area contributed by atoms with Crippen molar-refractivity contribution in [3.8, 4) is 0 Å². The maximum atomic E-state index is 13.1. The third kappa shape index (κ3) is 4.57. The van der Waals surface area contributed by atoms with Gasteiger partial charge in [-0.1, -0.05) is 29.8 Å². The molecular formula is C24H26ClN3OS. The van der Waals surface area contributed by atoms with E-state index in [4.69, 9.17) is 16.6 Å². The molecule has 0 bridgehead atoms. The SMILES string of the molecule is Cc1cc(Cc2ccccc2Cl)cc(C2CCCN(C(=O)c3sc(C)nc3C)C2)n1. The molecule has 1 amide bonds. The van der Waals surface area contributed by atoms with Crippen LogP contribution >= 0.6 is 22.9 Å². The van der Waals surface area contributed by atoms with Gasteiger partial charge >= 0.3 is 0 Å². The molecule has 3 heterocycles. The van der Waals surface area contributed by atoms with Gasteiger partial charge in [0.05, 0.1) is 10.7 Å². The second-order valence-corrected chi connectivity index (χ2v) is 9.66. The molecule has 4 rings (SSSR count). The molecule has 1 fully saturated rings. The number of halogens is 1. The van der Waals surface area contributed by atoms with Crippen molar-refractivity contribution in [2.24, 2.45) is 0 Å². The van der Waals surface area contributed by atoms with Crippen LogP contribution in [0.25, 0.3) is 0 Å². The second kappa shape index (κ2) is 8.86. The summed E-state index contributed by atoms with van der Waals surface area (Å²) in [5, 5.41) is 1.73. The van der Waals surface area contributed by atoms with Crippen LogP contribution in [0.2, 0.25) is 5.02 Å². The van der Waals surface area contributed by atoms with Gasteiger partial charge in [0.1, 0.15) is 4.88 Å². The summed E-state index contributed by atoms with van der Waals surface area (Å²) >= 11 is 7.86. The average molecular weight is 440 g/mol. The fourth-order valence-electron chi connectivity index (χ4n) is 4.22. The molecule has 0 N–H and O–H groups in total. The summed E-state index contributed by atoms with van der Waals surface area (Å²) in [5.74, 6) is 0.355. The minimum Gasteiger partial charge on any atom is -0.337 e. The molecule has 1 aromatic carbocycles. The Hall–Kier alpha value is -2.24. The van der Waals surface area contributed by atoms with Crippen LogP contribution in [0.4, 0.5) is 0 Å². The maximum absolute atomic E-state index is 13.1. The van der Waals surface area contributed by atoms with E-state index in [-0.39, 0.29) is 11.8 Å². The van der Waals surface area contributed by atoms with Gasteiger partial charge in [-0.25, -0.2) is 4.98 Å². The van der Waals surface area contributed by atoms with Crippen LogP contribution < -0.4 is 0 Å². The molecule has 1 aliphatic heterocycles. The van der Waals surface area contributed by atoms with E-state index < -0.39 is 0 Å². The van der Waals surface area contributed by atoms with Crippen molar-refractivity contribution >= 4 is 28.8 Å². The fraction of sp³-hybridized carbons (Fsp3) is 0.375. The molecule has 3 aromatic rings. The quantitative estimate of drug-likeness (QED) is 0.521. The molecule has 156 valence electrons. The Balaban J connectivity index is 1.55. The number of nitrogens with zero attached hydrogens (tertiary/aromatic N) is 3. The second-order valence-electron chi connectivity index (χ2n) is 8.05. The van der Waals surface area contributed by atoms with E-state index in [2.05, 4.69) is 23.2 Å². The Labute approximate surface area is 186 Å². The molecule has 30 heavy (non-hydrogen) atoms. The molecule has 4 nitrogen and oxygen atoms in total. The molecule has 0 aliphatic carbocycles. The Morgan fingerprint density at radius 1 is 1.20 bits per heavy atom. The van der Waals surface area contributed by atoms with Gasteiger partial charge in [-0.05, 0) is 69.4 Å². The summed E-state index contributed by atoms with van der Waals surface area (Å²) in [4.78, 5) is 25.1. The van der Waals surface area contributed by atoms with Gasteiger partial charge in [0.2, 0.25) is 0 Å². The fourth-order valence-corrected chi connectivity index (χ4v) is 5.31. The number of carbonyl (C=O) groups excluding carboxylic acids is 1. The van der Waals surface area contributed by atoms with Crippen molar-refractivity contribution in [3.05, 3.63) is 79.5 Å². The van der Waals surface area contributed by atoms with Crippen molar-refractivity contribution in [1.82, 2.24) is 14.9 Å². The summed E-state index contributed by atoms with van der Waals surface area (Å²) in [7, 11) is 0. The number of piperidine rings is 1. The van der Waals surface area contributed by atoms with Gasteiger partial charge in [0.15, 0.2) is 0 Å². The van der Waals surface area contributed by atoms with Crippen molar-refractivity contribution in [2.75, 3.05) is 13.1 Å². The number of benzene rings is 1. The van der Waals surface area contributed by atoms with Gasteiger partial charge in [0, 0.05) is 35.4 Å². The summed E-state index contributed by atoms with van der Waals surface area (Å²) in [6.45, 7) is 7.40. The first-order chi connectivity index (χ1) is 14.4. The van der Waals surface area contributed by atoms with Crippen molar-refractivity contribution in [3.63, 3.8) is 0 Å². The highest BCUT2D eigenvalue weighted by molar-refractivity contribution is 7.13. The summed E-state index contributed by atoms with van der Waals surface area (Å²) in [6, 6.07) is 12.3. The van der Waals surface area contributed by atoms with Gasteiger partial charge in [-0.2, -0.15) is 0 Å². The van der Waals surface area contributed by atoms with E-state index in [1.54, 1.807) is 0 Å². The first-order valence-corrected chi connectivity index (χ1v) is 11.5. The molecule has 0 radical (unpaired) electrons. The zero-order valence-electron chi connectivity index (χ0n) is 17.6. The maximum Gasteiger partial charge on any atom is 0.265 e. The Bertz CT molecular complexity index is 1080. The lowest BCUT2D eigenvalue weighted by Gasteiger charge is -2.32. The molecule has 1 saturated heterocycles. The normalized spacial score (nSPS) is 16.7. The molecule has 1 unspecified atom stereocenters. The van der Waals surface area contributed by atoms with E-state index in [9.17, 15) is 4.79 Å². The first kappa shape index (κ1) is 21.0. The minimum absolute atomic E-state index is 0.103. The van der Waals surface area contributed by atoms with Gasteiger partial charge in [-0.3, -0.25) is 9.78 Å². The lowest BCUT2D eigenvalue weighted by atomic mass is 9.92. The highest BCUT2D eigenvalue weighted by atomic mass is 35.5. The molecule has 6 heteroatoms. The number of hydrogen-bond donors (Lipinski definition) is 0. The van der Waals surface area contributed by atoms with E-state index in [0.717, 1.165) is 63.4 Å². The lowest BCUT2D eigenvalue weighted by Crippen LogP contribution is -2.39. The van der Waals surface area contributed by atoms with Crippen molar-refractivity contribution in [2.45, 2.75) is 46.0 Å². The lowest BCUT2D eigenvalue weighted by molar-refractivity contribution is 0.0710. The number of rotatable bonds is 4. The summed E-state index contributed by atoms with van der Waals surface area (Å²) in [6.07, 6.45) is 2.82. The molecule has 1 aliphatic rings. The van der Waals surface area contributed by atoms with Gasteiger partial charge in [0.25, 0.3) is 5.91 Å². The third-order valence-electron chi connectivity index (χ3n) is 5.61. The third-order valence-corrected chi connectivity index (χ3v) is 7.04. The zero-order valence-corrected chi connectivity index (χ0v) is 19.2. The first-order valence-electron chi connectivity index (χ1n) is 10.3. The van der Waals surface area contributed by atoms with Crippen molar-refractivity contribution < 1.29 is 4.79 Å². The van der Waals surface area contributed by atoms with Gasteiger partial charge < -0.3 is 4.90 Å². The van der Waals surface area contributed by atoms with Crippen LogP contribution in [-0.2, 0) is 6.42 Å². The number of carbonyl (C=O) groups is 1. The number of aromatic nitrogens is 2. The van der Waals surface area contributed by atoms with Crippen LogP contribution in [0.3, 0.4) is 0 Å². The highest BCUT2D eigenvalue weighted by Gasteiger charge is 2.28.